The molecule has 0 aromatic carbocycles. The number of aromatic nitrogens is 5. The average molecular weight is 364 g/mol. The van der Waals surface area contributed by atoms with Gasteiger partial charge in [-0.3, -0.25) is 5.10 Å². The van der Waals surface area contributed by atoms with E-state index >= 15 is 0 Å². The zero-order valence-corrected chi connectivity index (χ0v) is 13.9. The van der Waals surface area contributed by atoms with Gasteiger partial charge in [0.2, 0.25) is 0 Å². The summed E-state index contributed by atoms with van der Waals surface area (Å²) < 4.78 is 24.9. The molecule has 8 nitrogen and oxygen atoms in total. The van der Waals surface area contributed by atoms with Gasteiger partial charge in [0.05, 0.1) is 17.8 Å². The molecule has 4 aromatic heterocycles. The van der Waals surface area contributed by atoms with Gasteiger partial charge in [-0.25, -0.2) is 19.3 Å². The fraction of sp³-hybridized carbons (Fsp3) is 0.111. The second kappa shape index (κ2) is 5.90. The number of rotatable bonds is 3. The Morgan fingerprint density at radius 2 is 2.19 bits per heavy atom. The maximum atomic E-state index is 13.6. The van der Waals surface area contributed by atoms with E-state index in [1.165, 1.54) is 6.07 Å². The van der Waals surface area contributed by atoms with Gasteiger partial charge >= 0.3 is 0 Å². The highest BCUT2D eigenvalue weighted by atomic mass is 19.1. The van der Waals surface area contributed by atoms with Gasteiger partial charge in [0.25, 0.3) is 0 Å². The minimum atomic E-state index is -0.475. The number of nitrogens with one attached hydrogen (secondary N) is 1. The van der Waals surface area contributed by atoms with Crippen LogP contribution in [0.3, 0.4) is 0 Å². The standard InChI is InChI=1S/C18H13FN6O2/c19-9-6-10-16(24-25-17(10)21-8-9)18-22-11(7-15(20)23-18)12-3-4-14(27-12)13-2-1-5-26-13/h1-3,5-8,14H,4H2,(H2,20,22,23)(H,21,24,25). The van der Waals surface area contributed by atoms with Gasteiger partial charge in [-0.15, -0.1) is 0 Å². The maximum Gasteiger partial charge on any atom is 0.181 e. The zero-order valence-electron chi connectivity index (χ0n) is 13.9. The second-order valence-corrected chi connectivity index (χ2v) is 6.05. The molecule has 1 aliphatic rings. The van der Waals surface area contributed by atoms with Gasteiger partial charge in [-0.1, -0.05) is 0 Å². The minimum absolute atomic E-state index is 0.207. The number of hydrogen-bond acceptors (Lipinski definition) is 7. The lowest BCUT2D eigenvalue weighted by atomic mass is 10.2. The summed E-state index contributed by atoms with van der Waals surface area (Å²) in [6.45, 7) is 0. The van der Waals surface area contributed by atoms with Crippen molar-refractivity contribution in [2.45, 2.75) is 12.5 Å². The maximum absolute atomic E-state index is 13.6. The van der Waals surface area contributed by atoms with E-state index in [0.717, 1.165) is 12.0 Å². The first-order valence-electron chi connectivity index (χ1n) is 8.22. The first kappa shape index (κ1) is 15.5. The summed E-state index contributed by atoms with van der Waals surface area (Å²) >= 11 is 0. The first-order valence-corrected chi connectivity index (χ1v) is 8.22. The largest absolute Gasteiger partial charge is 0.480 e. The first-order chi connectivity index (χ1) is 13.2. The van der Waals surface area contributed by atoms with Crippen molar-refractivity contribution < 1.29 is 13.5 Å². The number of anilines is 1. The average Bonchev–Trinajstić information content (AvgIpc) is 3.40. The van der Waals surface area contributed by atoms with Crippen LogP contribution in [0.15, 0.2) is 47.2 Å². The van der Waals surface area contributed by atoms with Crippen molar-refractivity contribution in [1.29, 1.82) is 0 Å². The van der Waals surface area contributed by atoms with Crippen molar-refractivity contribution in [3.8, 4) is 11.5 Å². The Morgan fingerprint density at radius 3 is 3.04 bits per heavy atom. The summed E-state index contributed by atoms with van der Waals surface area (Å²) in [6.07, 6.45) is 5.08. The van der Waals surface area contributed by atoms with E-state index in [0.29, 0.717) is 34.6 Å². The lowest BCUT2D eigenvalue weighted by molar-refractivity contribution is 0.165. The van der Waals surface area contributed by atoms with Crippen LogP contribution in [0.4, 0.5) is 10.2 Å². The predicted molar refractivity (Wildman–Crippen MR) is 94.4 cm³/mol. The third-order valence-electron chi connectivity index (χ3n) is 4.25. The molecule has 0 fully saturated rings. The Kier molecular flexibility index (Phi) is 3.39. The number of halogens is 1. The van der Waals surface area contributed by atoms with Crippen LogP contribution < -0.4 is 5.73 Å². The number of H-pyrrole nitrogens is 1. The molecule has 1 atom stereocenters. The van der Waals surface area contributed by atoms with Gasteiger partial charge in [-0.05, 0) is 24.3 Å². The third-order valence-corrected chi connectivity index (χ3v) is 4.25. The zero-order chi connectivity index (χ0) is 18.4. The summed E-state index contributed by atoms with van der Waals surface area (Å²) in [6, 6.07) is 6.62. The van der Waals surface area contributed by atoms with Crippen LogP contribution in [0.5, 0.6) is 0 Å². The number of aromatic amines is 1. The van der Waals surface area contributed by atoms with Crippen LogP contribution in [-0.2, 0) is 4.74 Å². The van der Waals surface area contributed by atoms with Crippen molar-refractivity contribution in [2.24, 2.45) is 0 Å². The summed E-state index contributed by atoms with van der Waals surface area (Å²) in [5.74, 6) is 1.39. The predicted octanol–water partition coefficient (Wildman–Crippen LogP) is 3.23. The van der Waals surface area contributed by atoms with Crippen molar-refractivity contribution in [1.82, 2.24) is 25.1 Å². The molecule has 1 aliphatic heterocycles. The number of hydrogen-bond donors (Lipinski definition) is 2. The molecular formula is C18H13FN6O2. The summed E-state index contributed by atoms with van der Waals surface area (Å²) in [4.78, 5) is 12.7. The molecule has 9 heteroatoms. The normalized spacial score (nSPS) is 16.5. The molecule has 5 heterocycles. The molecule has 27 heavy (non-hydrogen) atoms. The van der Waals surface area contributed by atoms with Gasteiger partial charge in [0, 0.05) is 12.5 Å². The Morgan fingerprint density at radius 1 is 1.26 bits per heavy atom. The van der Waals surface area contributed by atoms with Gasteiger partial charge in [0.1, 0.15) is 34.5 Å². The van der Waals surface area contributed by atoms with Crippen LogP contribution in [0, 0.1) is 5.82 Å². The van der Waals surface area contributed by atoms with Crippen molar-refractivity contribution in [2.75, 3.05) is 5.73 Å². The molecule has 0 aliphatic carbocycles. The Balaban J connectivity index is 1.53. The summed E-state index contributed by atoms with van der Waals surface area (Å²) in [5, 5.41) is 7.33. The number of ether oxygens (including phenoxy) is 1. The number of nitrogen functional groups attached to an aromatic ring is 1. The number of nitrogens with zero attached hydrogens (tertiary/aromatic N) is 4. The van der Waals surface area contributed by atoms with Crippen LogP contribution in [-0.4, -0.2) is 25.1 Å². The molecule has 0 amide bonds. The minimum Gasteiger partial charge on any atom is -0.480 e. The van der Waals surface area contributed by atoms with E-state index < -0.39 is 5.82 Å². The molecule has 0 radical (unpaired) electrons. The SMILES string of the molecule is Nc1cc(C2=CCC(c3ccco3)O2)nc(-c2[nH]nc3ncc(F)cc23)n1. The Bertz CT molecular complexity index is 1170. The smallest absolute Gasteiger partial charge is 0.181 e. The quantitative estimate of drug-likeness (QED) is 0.573. The lowest BCUT2D eigenvalue weighted by Crippen LogP contribution is -2.02. The molecule has 5 rings (SSSR count). The highest BCUT2D eigenvalue weighted by molar-refractivity contribution is 5.89. The van der Waals surface area contributed by atoms with E-state index in [-0.39, 0.29) is 17.7 Å². The fourth-order valence-corrected chi connectivity index (χ4v) is 3.03. The van der Waals surface area contributed by atoms with Gasteiger partial charge in [-0.2, -0.15) is 5.10 Å². The number of nitrogens with two attached hydrogens (primary N) is 1. The van der Waals surface area contributed by atoms with Gasteiger partial charge in [0.15, 0.2) is 17.6 Å². The monoisotopic (exact) mass is 364 g/mol. The summed E-state index contributed by atoms with van der Waals surface area (Å²) in [5.41, 5.74) is 7.29. The van der Waals surface area contributed by atoms with Crippen LogP contribution in [0.2, 0.25) is 0 Å². The second-order valence-electron chi connectivity index (χ2n) is 6.05. The van der Waals surface area contributed by atoms with E-state index in [2.05, 4.69) is 25.1 Å². The lowest BCUT2D eigenvalue weighted by Gasteiger charge is -2.11. The molecule has 3 N–H and O–H groups in total. The molecule has 0 bridgehead atoms. The fourth-order valence-electron chi connectivity index (χ4n) is 3.03. The number of fused-ring (bicyclic) bond motifs is 1. The van der Waals surface area contributed by atoms with Crippen LogP contribution in [0.25, 0.3) is 28.3 Å². The van der Waals surface area contributed by atoms with E-state index in [1.807, 2.05) is 18.2 Å². The molecule has 134 valence electrons. The molecular weight excluding hydrogens is 351 g/mol. The topological polar surface area (TPSA) is 116 Å². The van der Waals surface area contributed by atoms with E-state index in [1.54, 1.807) is 12.3 Å². The van der Waals surface area contributed by atoms with E-state index in [9.17, 15) is 4.39 Å². The highest BCUT2D eigenvalue weighted by Gasteiger charge is 2.25. The number of furan rings is 1. The Hall–Kier alpha value is -3.75. The molecule has 0 saturated heterocycles. The van der Waals surface area contributed by atoms with Crippen molar-refractivity contribution >= 4 is 22.6 Å². The van der Waals surface area contributed by atoms with Crippen molar-refractivity contribution in [3.05, 3.63) is 60.1 Å². The summed E-state index contributed by atoms with van der Waals surface area (Å²) in [7, 11) is 0. The highest BCUT2D eigenvalue weighted by Crippen LogP contribution is 2.36. The molecule has 1 unspecified atom stereocenters. The van der Waals surface area contributed by atoms with Crippen molar-refractivity contribution in [3.63, 3.8) is 0 Å². The van der Waals surface area contributed by atoms with Gasteiger partial charge < -0.3 is 14.9 Å². The number of pyridine rings is 1. The Labute approximate surface area is 151 Å². The van der Waals surface area contributed by atoms with E-state index in [4.69, 9.17) is 14.9 Å². The molecule has 0 saturated carbocycles. The van der Waals surface area contributed by atoms with Crippen LogP contribution in [0.1, 0.15) is 24.0 Å². The van der Waals surface area contributed by atoms with Crippen LogP contribution >= 0.6 is 0 Å². The molecule has 0 spiro atoms. The third kappa shape index (κ3) is 2.69. The molecule has 4 aromatic rings.